The van der Waals surface area contributed by atoms with Gasteiger partial charge in [0.15, 0.2) is 0 Å². The summed E-state index contributed by atoms with van der Waals surface area (Å²) in [6, 6.07) is 29.6. The molecule has 0 bridgehead atoms. The van der Waals surface area contributed by atoms with Crippen LogP contribution in [0.3, 0.4) is 0 Å². The number of hydrogen-bond donors (Lipinski definition) is 1. The minimum absolute atomic E-state index is 0.0226. The molecule has 9 heteroatoms. The third-order valence-electron chi connectivity index (χ3n) is 6.55. The second-order valence-electron chi connectivity index (χ2n) is 10.7. The first-order chi connectivity index (χ1) is 19.4. The van der Waals surface area contributed by atoms with E-state index in [1.54, 1.807) is 32.9 Å². The zero-order chi connectivity index (χ0) is 29.7. The Morgan fingerprint density at radius 1 is 0.780 bits per heavy atom. The van der Waals surface area contributed by atoms with Crippen LogP contribution in [0.15, 0.2) is 103 Å². The summed E-state index contributed by atoms with van der Waals surface area (Å²) < 4.78 is 16.8. The van der Waals surface area contributed by atoms with E-state index < -0.39 is 45.1 Å². The molecule has 41 heavy (non-hydrogen) atoms. The van der Waals surface area contributed by atoms with Gasteiger partial charge in [0.1, 0.15) is 24.0 Å². The molecular weight excluding hydrogens is 585 g/mol. The van der Waals surface area contributed by atoms with Gasteiger partial charge < -0.3 is 19.5 Å². The van der Waals surface area contributed by atoms with Crippen molar-refractivity contribution in [2.75, 3.05) is 6.61 Å². The lowest BCUT2D eigenvalue weighted by molar-refractivity contribution is -0.175. The summed E-state index contributed by atoms with van der Waals surface area (Å²) in [5.74, 6) is -1.26. The normalized spacial score (nSPS) is 19.4. The second-order valence-corrected chi connectivity index (χ2v) is 12.9. The van der Waals surface area contributed by atoms with Crippen LogP contribution in [0.5, 0.6) is 0 Å². The molecule has 216 valence electrons. The molecular formula is C32H32Cl3NO5. The number of esters is 1. The third-order valence-corrected chi connectivity index (χ3v) is 7.07. The van der Waals surface area contributed by atoms with Crippen molar-refractivity contribution in [2.45, 2.75) is 48.6 Å². The molecule has 4 rings (SSSR count). The predicted octanol–water partition coefficient (Wildman–Crippen LogP) is 6.72. The van der Waals surface area contributed by atoms with Gasteiger partial charge in [-0.05, 0) is 49.6 Å². The zero-order valence-corrected chi connectivity index (χ0v) is 25.2. The fourth-order valence-electron chi connectivity index (χ4n) is 4.46. The lowest BCUT2D eigenvalue weighted by atomic mass is 9.80. The fourth-order valence-corrected chi connectivity index (χ4v) is 4.63. The largest absolute Gasteiger partial charge is 0.455 e. The molecule has 0 aliphatic carbocycles. The quantitative estimate of drug-likeness (QED) is 0.132. The van der Waals surface area contributed by atoms with Crippen molar-refractivity contribution in [3.63, 3.8) is 0 Å². The molecule has 0 radical (unpaired) electrons. The van der Waals surface area contributed by atoms with Crippen LogP contribution >= 0.6 is 34.8 Å². The Kier molecular flexibility index (Phi) is 9.83. The van der Waals surface area contributed by atoms with E-state index in [1.807, 2.05) is 91.0 Å². The molecule has 1 N–H and O–H groups in total. The van der Waals surface area contributed by atoms with Crippen molar-refractivity contribution in [1.29, 1.82) is 0 Å². The smallest absolute Gasteiger partial charge is 0.311 e. The highest BCUT2D eigenvalue weighted by Crippen LogP contribution is 2.41. The zero-order valence-electron chi connectivity index (χ0n) is 22.9. The summed E-state index contributed by atoms with van der Waals surface area (Å²) in [5, 5.41) is 2.55. The molecule has 1 amide bonds. The first-order valence-electron chi connectivity index (χ1n) is 13.1. The maximum Gasteiger partial charge on any atom is 0.311 e. The number of nitrogens with one attached hydrogen (secondary N) is 1. The lowest BCUT2D eigenvalue weighted by Crippen LogP contribution is -2.51. The molecule has 0 spiro atoms. The summed E-state index contributed by atoms with van der Waals surface area (Å²) in [5.41, 5.74) is 0.902. The number of ether oxygens (including phenoxy) is 3. The van der Waals surface area contributed by atoms with Crippen molar-refractivity contribution in [1.82, 2.24) is 5.32 Å². The monoisotopic (exact) mass is 615 g/mol. The van der Waals surface area contributed by atoms with Gasteiger partial charge in [0.05, 0.1) is 12.0 Å². The standard InChI is InChI=1S/C32H32Cl3NO5/c1-30(2,3)29(38)41-25-19-20-27(36-28(37)32(33,34)35)40-26(25)21-39-31(22-13-7-4-8-14-22,23-15-9-5-10-16-23)24-17-11-6-12-18-24/h4-20,25-27H,21H2,1-3H3,(H,36,37)/t25-,26+,27+/m0/s1. The van der Waals surface area contributed by atoms with Crippen LogP contribution in [0.25, 0.3) is 0 Å². The molecule has 1 heterocycles. The highest BCUT2D eigenvalue weighted by atomic mass is 35.6. The van der Waals surface area contributed by atoms with E-state index in [-0.39, 0.29) is 6.61 Å². The SMILES string of the molecule is CC(C)(C)C(=O)O[C@H]1C=C[C@H](NC(=O)C(Cl)(Cl)Cl)O[C@@H]1COC(c1ccccc1)(c1ccccc1)c1ccccc1. The Morgan fingerprint density at radius 2 is 1.24 bits per heavy atom. The number of hydrogen-bond acceptors (Lipinski definition) is 5. The Hall–Kier alpha value is -2.87. The number of rotatable bonds is 8. The maximum absolute atomic E-state index is 12.9. The van der Waals surface area contributed by atoms with Crippen molar-refractivity contribution < 1.29 is 23.8 Å². The van der Waals surface area contributed by atoms with E-state index in [0.29, 0.717) is 0 Å². The van der Waals surface area contributed by atoms with Gasteiger partial charge in [-0.1, -0.05) is 126 Å². The summed E-state index contributed by atoms with van der Waals surface area (Å²) in [7, 11) is 0. The summed E-state index contributed by atoms with van der Waals surface area (Å²) in [6.07, 6.45) is 0.630. The highest BCUT2D eigenvalue weighted by molar-refractivity contribution is 6.76. The van der Waals surface area contributed by atoms with Crippen LogP contribution in [-0.4, -0.2) is 40.7 Å². The Bertz CT molecular complexity index is 1240. The van der Waals surface area contributed by atoms with Gasteiger partial charge in [0, 0.05) is 0 Å². The second kappa shape index (κ2) is 13.0. The van der Waals surface area contributed by atoms with Gasteiger partial charge in [0.25, 0.3) is 9.70 Å². The molecule has 3 aromatic carbocycles. The van der Waals surface area contributed by atoms with Gasteiger partial charge in [0.2, 0.25) is 0 Å². The van der Waals surface area contributed by atoms with Gasteiger partial charge >= 0.3 is 5.97 Å². The van der Waals surface area contributed by atoms with Crippen LogP contribution in [0.4, 0.5) is 0 Å². The maximum atomic E-state index is 12.9. The van der Waals surface area contributed by atoms with Crippen molar-refractivity contribution in [3.05, 3.63) is 120 Å². The Labute approximate surface area is 255 Å². The van der Waals surface area contributed by atoms with Crippen LogP contribution in [0.1, 0.15) is 37.5 Å². The molecule has 3 aromatic rings. The van der Waals surface area contributed by atoms with Crippen molar-refractivity contribution in [3.8, 4) is 0 Å². The fraction of sp³-hybridized carbons (Fsp3) is 0.312. The van der Waals surface area contributed by atoms with Gasteiger partial charge in [-0.3, -0.25) is 9.59 Å². The molecule has 3 atom stereocenters. The summed E-state index contributed by atoms with van der Waals surface area (Å²) in [4.78, 5) is 25.2. The molecule has 1 aliphatic heterocycles. The molecule has 0 fully saturated rings. The van der Waals surface area contributed by atoms with E-state index in [2.05, 4.69) is 5.32 Å². The van der Waals surface area contributed by atoms with E-state index >= 15 is 0 Å². The first kappa shape index (κ1) is 31.1. The molecule has 0 saturated heterocycles. The highest BCUT2D eigenvalue weighted by Gasteiger charge is 2.42. The van der Waals surface area contributed by atoms with E-state index in [0.717, 1.165) is 16.7 Å². The van der Waals surface area contributed by atoms with E-state index in [4.69, 9.17) is 49.0 Å². The topological polar surface area (TPSA) is 73.9 Å². The number of carbonyl (C=O) groups excluding carboxylic acids is 2. The number of amides is 1. The van der Waals surface area contributed by atoms with Crippen LogP contribution < -0.4 is 5.32 Å². The van der Waals surface area contributed by atoms with Gasteiger partial charge in [-0.25, -0.2) is 0 Å². The molecule has 1 aliphatic rings. The summed E-state index contributed by atoms with van der Waals surface area (Å²) in [6.45, 7) is 5.28. The van der Waals surface area contributed by atoms with Gasteiger partial charge in [-0.2, -0.15) is 0 Å². The first-order valence-corrected chi connectivity index (χ1v) is 14.3. The summed E-state index contributed by atoms with van der Waals surface area (Å²) >= 11 is 17.3. The van der Waals surface area contributed by atoms with Gasteiger partial charge in [-0.15, -0.1) is 0 Å². The van der Waals surface area contributed by atoms with Crippen LogP contribution in [-0.2, 0) is 29.4 Å². The van der Waals surface area contributed by atoms with Crippen molar-refractivity contribution >= 4 is 46.7 Å². The number of halogens is 3. The predicted molar refractivity (Wildman–Crippen MR) is 161 cm³/mol. The number of carbonyl (C=O) groups is 2. The molecule has 0 saturated carbocycles. The molecule has 6 nitrogen and oxygen atoms in total. The lowest BCUT2D eigenvalue weighted by Gasteiger charge is -2.39. The average molecular weight is 617 g/mol. The van der Waals surface area contributed by atoms with E-state index in [1.165, 1.54) is 0 Å². The Balaban J connectivity index is 1.73. The van der Waals surface area contributed by atoms with Crippen LogP contribution in [0, 0.1) is 5.41 Å². The Morgan fingerprint density at radius 3 is 1.66 bits per heavy atom. The average Bonchev–Trinajstić information content (AvgIpc) is 2.95. The minimum Gasteiger partial charge on any atom is -0.455 e. The van der Waals surface area contributed by atoms with E-state index in [9.17, 15) is 9.59 Å². The van der Waals surface area contributed by atoms with Crippen LogP contribution in [0.2, 0.25) is 0 Å². The number of alkyl halides is 3. The molecule has 0 unspecified atom stereocenters. The molecule has 0 aromatic heterocycles. The van der Waals surface area contributed by atoms with Crippen molar-refractivity contribution in [2.24, 2.45) is 5.41 Å². The number of benzene rings is 3. The minimum atomic E-state index is -2.18. The third kappa shape index (κ3) is 7.51.